The standard InChI is InChI=1S/C19H24N4O2S/c1-5-22(6-2)9-10-23(18(24)16-7-8-20-25-16)19-21-15-12-13(3)11-14(4)17(15)26-19/h7-8,11-12H,5-6,9-10H2,1-4H3. The van der Waals surface area contributed by atoms with Crippen molar-refractivity contribution < 1.29 is 9.32 Å². The van der Waals surface area contributed by atoms with Crippen molar-refractivity contribution in [2.75, 3.05) is 31.1 Å². The molecule has 1 aromatic carbocycles. The van der Waals surface area contributed by atoms with Crippen LogP contribution < -0.4 is 4.90 Å². The Hall–Kier alpha value is -2.25. The second-order valence-electron chi connectivity index (χ2n) is 6.29. The maximum Gasteiger partial charge on any atom is 0.298 e. The van der Waals surface area contributed by atoms with E-state index in [9.17, 15) is 4.79 Å². The van der Waals surface area contributed by atoms with E-state index < -0.39 is 0 Å². The number of nitrogens with zero attached hydrogens (tertiary/aromatic N) is 4. The van der Waals surface area contributed by atoms with Gasteiger partial charge in [-0.3, -0.25) is 9.69 Å². The summed E-state index contributed by atoms with van der Waals surface area (Å²) in [5, 5.41) is 4.36. The number of hydrogen-bond acceptors (Lipinski definition) is 6. The maximum atomic E-state index is 13.0. The summed E-state index contributed by atoms with van der Waals surface area (Å²) in [5.41, 5.74) is 3.28. The second kappa shape index (κ2) is 7.97. The highest BCUT2D eigenvalue weighted by Gasteiger charge is 2.24. The first-order chi connectivity index (χ1) is 12.5. The minimum Gasteiger partial charge on any atom is -0.351 e. The summed E-state index contributed by atoms with van der Waals surface area (Å²) in [6.45, 7) is 11.6. The van der Waals surface area contributed by atoms with Crippen molar-refractivity contribution in [1.82, 2.24) is 15.0 Å². The lowest BCUT2D eigenvalue weighted by molar-refractivity contribution is 0.0948. The summed E-state index contributed by atoms with van der Waals surface area (Å²) in [6.07, 6.45) is 1.49. The van der Waals surface area contributed by atoms with Crippen LogP contribution in [-0.4, -0.2) is 47.1 Å². The lowest BCUT2D eigenvalue weighted by Gasteiger charge is -2.23. The summed E-state index contributed by atoms with van der Waals surface area (Å²) in [7, 11) is 0. The third kappa shape index (κ3) is 3.78. The van der Waals surface area contributed by atoms with Crippen LogP contribution in [-0.2, 0) is 0 Å². The molecule has 1 amide bonds. The van der Waals surface area contributed by atoms with Gasteiger partial charge < -0.3 is 9.42 Å². The van der Waals surface area contributed by atoms with E-state index in [4.69, 9.17) is 9.51 Å². The maximum absolute atomic E-state index is 13.0. The van der Waals surface area contributed by atoms with E-state index in [1.807, 2.05) is 0 Å². The molecule has 0 bridgehead atoms. The topological polar surface area (TPSA) is 62.5 Å². The first-order valence-corrected chi connectivity index (χ1v) is 9.67. The number of thiazole rings is 1. The van der Waals surface area contributed by atoms with Crippen molar-refractivity contribution in [3.8, 4) is 0 Å². The third-order valence-electron chi connectivity index (χ3n) is 4.47. The number of aromatic nitrogens is 2. The minimum absolute atomic E-state index is 0.205. The van der Waals surface area contributed by atoms with Crippen LogP contribution in [0, 0.1) is 13.8 Å². The van der Waals surface area contributed by atoms with Gasteiger partial charge in [0.25, 0.3) is 5.91 Å². The fourth-order valence-electron chi connectivity index (χ4n) is 3.00. The molecule has 0 unspecified atom stereocenters. The fourth-order valence-corrected chi connectivity index (χ4v) is 4.04. The van der Waals surface area contributed by atoms with Crippen LogP contribution in [0.15, 0.2) is 28.9 Å². The third-order valence-corrected chi connectivity index (χ3v) is 5.70. The monoisotopic (exact) mass is 372 g/mol. The first kappa shape index (κ1) is 18.5. The summed E-state index contributed by atoms with van der Waals surface area (Å²) in [6, 6.07) is 5.79. The van der Waals surface area contributed by atoms with Gasteiger partial charge in [0, 0.05) is 19.2 Å². The van der Waals surface area contributed by atoms with Gasteiger partial charge in [-0.15, -0.1) is 0 Å². The predicted molar refractivity (Wildman–Crippen MR) is 105 cm³/mol. The SMILES string of the molecule is CCN(CC)CCN(C(=O)c1ccno1)c1nc2cc(C)cc(C)c2s1. The molecule has 0 atom stereocenters. The van der Waals surface area contributed by atoms with Crippen molar-refractivity contribution in [2.24, 2.45) is 0 Å². The van der Waals surface area contributed by atoms with E-state index in [0.29, 0.717) is 11.7 Å². The van der Waals surface area contributed by atoms with Crippen molar-refractivity contribution in [3.63, 3.8) is 0 Å². The van der Waals surface area contributed by atoms with Crippen LogP contribution in [0.4, 0.5) is 5.13 Å². The van der Waals surface area contributed by atoms with Crippen LogP contribution in [0.2, 0.25) is 0 Å². The molecular weight excluding hydrogens is 348 g/mol. The molecule has 0 aliphatic rings. The average Bonchev–Trinajstić information content (AvgIpc) is 3.28. The van der Waals surface area contributed by atoms with E-state index in [1.54, 1.807) is 22.3 Å². The Balaban J connectivity index is 1.96. The summed E-state index contributed by atoms with van der Waals surface area (Å²) in [5.74, 6) is 0.0276. The van der Waals surface area contributed by atoms with Gasteiger partial charge in [0.2, 0.25) is 5.76 Å². The number of anilines is 1. The molecule has 0 aliphatic heterocycles. The van der Waals surface area contributed by atoms with Crippen LogP contribution in [0.5, 0.6) is 0 Å². The number of amides is 1. The van der Waals surface area contributed by atoms with Crippen LogP contribution in [0.25, 0.3) is 10.2 Å². The number of benzene rings is 1. The van der Waals surface area contributed by atoms with Gasteiger partial charge in [-0.1, -0.05) is 36.4 Å². The van der Waals surface area contributed by atoms with Crippen molar-refractivity contribution in [1.29, 1.82) is 0 Å². The van der Waals surface area contributed by atoms with Gasteiger partial charge in [-0.25, -0.2) is 4.98 Å². The van der Waals surface area contributed by atoms with E-state index in [1.165, 1.54) is 17.3 Å². The van der Waals surface area contributed by atoms with E-state index >= 15 is 0 Å². The summed E-state index contributed by atoms with van der Waals surface area (Å²) < 4.78 is 6.21. The van der Waals surface area contributed by atoms with Gasteiger partial charge in [0.05, 0.1) is 16.4 Å². The Bertz CT molecular complexity index is 884. The highest BCUT2D eigenvalue weighted by atomic mass is 32.1. The predicted octanol–water partition coefficient (Wildman–Crippen LogP) is 3.89. The average molecular weight is 372 g/mol. The normalized spacial score (nSPS) is 11.4. The minimum atomic E-state index is -0.205. The molecule has 0 saturated heterocycles. The Kier molecular flexibility index (Phi) is 5.68. The molecule has 2 aromatic heterocycles. The molecule has 0 aliphatic carbocycles. The Morgan fingerprint density at radius 3 is 2.62 bits per heavy atom. The second-order valence-corrected chi connectivity index (χ2v) is 7.26. The Morgan fingerprint density at radius 2 is 1.96 bits per heavy atom. The largest absolute Gasteiger partial charge is 0.351 e. The molecule has 0 N–H and O–H groups in total. The lowest BCUT2D eigenvalue weighted by atomic mass is 10.1. The van der Waals surface area contributed by atoms with E-state index in [2.05, 4.69) is 49.9 Å². The zero-order chi connectivity index (χ0) is 18.7. The molecule has 3 aromatic rings. The highest BCUT2D eigenvalue weighted by Crippen LogP contribution is 2.32. The Morgan fingerprint density at radius 1 is 1.19 bits per heavy atom. The lowest BCUT2D eigenvalue weighted by Crippen LogP contribution is -2.38. The molecule has 7 heteroatoms. The van der Waals surface area contributed by atoms with Gasteiger partial charge in [-0.05, 0) is 44.1 Å². The van der Waals surface area contributed by atoms with Crippen LogP contribution in [0.1, 0.15) is 35.5 Å². The molecule has 26 heavy (non-hydrogen) atoms. The smallest absolute Gasteiger partial charge is 0.298 e. The summed E-state index contributed by atoms with van der Waals surface area (Å²) in [4.78, 5) is 21.7. The number of fused-ring (bicyclic) bond motifs is 1. The van der Waals surface area contributed by atoms with Crippen molar-refractivity contribution in [2.45, 2.75) is 27.7 Å². The van der Waals surface area contributed by atoms with Crippen molar-refractivity contribution in [3.05, 3.63) is 41.3 Å². The number of rotatable bonds is 7. The van der Waals surface area contributed by atoms with Gasteiger partial charge in [0.1, 0.15) is 0 Å². The zero-order valence-electron chi connectivity index (χ0n) is 15.7. The van der Waals surface area contributed by atoms with Crippen LogP contribution in [0.3, 0.4) is 0 Å². The number of hydrogen-bond donors (Lipinski definition) is 0. The zero-order valence-corrected chi connectivity index (χ0v) is 16.5. The molecule has 138 valence electrons. The molecular formula is C19H24N4O2S. The molecule has 0 spiro atoms. The highest BCUT2D eigenvalue weighted by molar-refractivity contribution is 7.22. The molecule has 2 heterocycles. The number of carbonyl (C=O) groups is 1. The molecule has 0 fully saturated rings. The number of aryl methyl sites for hydroxylation is 2. The van der Waals surface area contributed by atoms with E-state index in [0.717, 1.165) is 29.9 Å². The fraction of sp³-hybridized carbons (Fsp3) is 0.421. The molecule has 3 rings (SSSR count). The van der Waals surface area contributed by atoms with Gasteiger partial charge in [0.15, 0.2) is 5.13 Å². The first-order valence-electron chi connectivity index (χ1n) is 8.86. The number of likely N-dealkylation sites (N-methyl/N-ethyl adjacent to an activating group) is 1. The van der Waals surface area contributed by atoms with Crippen molar-refractivity contribution >= 4 is 32.6 Å². The number of carbonyl (C=O) groups excluding carboxylic acids is 1. The molecule has 6 nitrogen and oxygen atoms in total. The van der Waals surface area contributed by atoms with Gasteiger partial charge >= 0.3 is 0 Å². The Labute approximate surface area is 157 Å². The van der Waals surface area contributed by atoms with Gasteiger partial charge in [-0.2, -0.15) is 0 Å². The molecule has 0 saturated carbocycles. The quantitative estimate of drug-likeness (QED) is 0.630. The van der Waals surface area contributed by atoms with E-state index in [-0.39, 0.29) is 11.7 Å². The molecule has 0 radical (unpaired) electrons. The van der Waals surface area contributed by atoms with Crippen LogP contribution >= 0.6 is 11.3 Å². The summed E-state index contributed by atoms with van der Waals surface area (Å²) >= 11 is 1.55.